The van der Waals surface area contributed by atoms with E-state index >= 15 is 0 Å². The molecule has 3 nitrogen and oxygen atoms in total. The number of rotatable bonds is 5. The molecule has 0 saturated carbocycles. The molecule has 0 fully saturated rings. The van der Waals surface area contributed by atoms with Crippen LogP contribution in [0.15, 0.2) is 30.3 Å². The number of carbonyl (C=O) groups is 1. The van der Waals surface area contributed by atoms with Crippen LogP contribution < -0.4 is 11.1 Å². The van der Waals surface area contributed by atoms with Gasteiger partial charge in [-0.25, -0.2) is 0 Å². The van der Waals surface area contributed by atoms with E-state index in [1.165, 1.54) is 0 Å². The van der Waals surface area contributed by atoms with E-state index in [9.17, 15) is 4.79 Å². The van der Waals surface area contributed by atoms with Gasteiger partial charge in [0, 0.05) is 5.92 Å². The third-order valence-electron chi connectivity index (χ3n) is 2.71. The third kappa shape index (κ3) is 3.66. The van der Waals surface area contributed by atoms with Gasteiger partial charge in [0.1, 0.15) is 0 Å². The van der Waals surface area contributed by atoms with Crippen molar-refractivity contribution in [2.45, 2.75) is 26.3 Å². The zero-order valence-corrected chi connectivity index (χ0v) is 9.94. The van der Waals surface area contributed by atoms with Gasteiger partial charge in [-0.2, -0.15) is 0 Å². The van der Waals surface area contributed by atoms with Crippen LogP contribution in [0.5, 0.6) is 0 Å². The quantitative estimate of drug-likeness (QED) is 0.795. The van der Waals surface area contributed by atoms with Crippen molar-refractivity contribution in [2.24, 2.45) is 11.7 Å². The molecule has 0 radical (unpaired) electrons. The molecule has 0 aliphatic carbocycles. The Balaban J connectivity index is 2.51. The minimum Gasteiger partial charge on any atom is -0.349 e. The number of benzene rings is 1. The van der Waals surface area contributed by atoms with Crippen LogP contribution in [-0.2, 0) is 4.79 Å². The molecular weight excluding hydrogens is 200 g/mol. The number of hydrogen-bond donors (Lipinski definition) is 2. The summed E-state index contributed by atoms with van der Waals surface area (Å²) in [5.74, 6) is 0.0537. The van der Waals surface area contributed by atoms with Crippen molar-refractivity contribution in [3.63, 3.8) is 0 Å². The largest absolute Gasteiger partial charge is 0.349 e. The fourth-order valence-electron chi connectivity index (χ4n) is 1.56. The molecule has 1 aromatic carbocycles. The molecule has 3 N–H and O–H groups in total. The molecule has 1 amide bonds. The monoisotopic (exact) mass is 220 g/mol. The molecule has 0 heterocycles. The molecule has 0 saturated heterocycles. The summed E-state index contributed by atoms with van der Waals surface area (Å²) in [6.07, 6.45) is 0.730. The summed E-state index contributed by atoms with van der Waals surface area (Å²) >= 11 is 0. The zero-order chi connectivity index (χ0) is 12.0. The van der Waals surface area contributed by atoms with Crippen molar-refractivity contribution in [1.82, 2.24) is 5.32 Å². The first-order chi connectivity index (χ1) is 7.65. The van der Waals surface area contributed by atoms with Crippen LogP contribution in [-0.4, -0.2) is 12.5 Å². The topological polar surface area (TPSA) is 55.1 Å². The lowest BCUT2D eigenvalue weighted by molar-refractivity contribution is -0.125. The number of hydrogen-bond acceptors (Lipinski definition) is 2. The standard InChI is InChI=1S/C13H20N2O/c1-10(8-9-14)13(16)15-11(2)12-6-4-3-5-7-12/h3-7,10-11H,8-9,14H2,1-2H3,(H,15,16)/t10?,11-/m1/s1. The van der Waals surface area contributed by atoms with Gasteiger partial charge in [-0.05, 0) is 25.5 Å². The Bertz CT molecular complexity index is 324. The minimum atomic E-state index is -0.0174. The number of nitrogens with two attached hydrogens (primary N) is 1. The number of amides is 1. The summed E-state index contributed by atoms with van der Waals surface area (Å²) in [6.45, 7) is 4.44. The highest BCUT2D eigenvalue weighted by Crippen LogP contribution is 2.12. The predicted octanol–water partition coefficient (Wildman–Crippen LogP) is 1.85. The summed E-state index contributed by atoms with van der Waals surface area (Å²) in [7, 11) is 0. The first-order valence-electron chi connectivity index (χ1n) is 5.70. The van der Waals surface area contributed by atoms with E-state index in [2.05, 4.69) is 5.32 Å². The molecule has 1 unspecified atom stereocenters. The lowest BCUT2D eigenvalue weighted by Gasteiger charge is -2.17. The van der Waals surface area contributed by atoms with Gasteiger partial charge >= 0.3 is 0 Å². The Morgan fingerprint density at radius 3 is 2.50 bits per heavy atom. The maximum Gasteiger partial charge on any atom is 0.223 e. The van der Waals surface area contributed by atoms with Gasteiger partial charge in [-0.3, -0.25) is 4.79 Å². The summed E-state index contributed by atoms with van der Waals surface area (Å²) in [5, 5.41) is 2.99. The zero-order valence-electron chi connectivity index (χ0n) is 9.94. The average molecular weight is 220 g/mol. The van der Waals surface area contributed by atoms with Gasteiger partial charge in [0.05, 0.1) is 6.04 Å². The Labute approximate surface area is 97.0 Å². The van der Waals surface area contributed by atoms with E-state index in [0.29, 0.717) is 6.54 Å². The summed E-state index contributed by atoms with van der Waals surface area (Å²) in [4.78, 5) is 11.8. The van der Waals surface area contributed by atoms with Gasteiger partial charge in [-0.1, -0.05) is 37.3 Å². The molecule has 0 aliphatic heterocycles. The SMILES string of the molecule is CC(CCN)C(=O)N[C@H](C)c1ccccc1. The van der Waals surface area contributed by atoms with E-state index in [-0.39, 0.29) is 17.9 Å². The highest BCUT2D eigenvalue weighted by Gasteiger charge is 2.14. The van der Waals surface area contributed by atoms with Crippen molar-refractivity contribution < 1.29 is 4.79 Å². The molecule has 1 rings (SSSR count). The molecule has 0 aromatic heterocycles. The fraction of sp³-hybridized carbons (Fsp3) is 0.462. The second kappa shape index (κ2) is 6.28. The van der Waals surface area contributed by atoms with Gasteiger partial charge < -0.3 is 11.1 Å². The molecule has 0 aliphatic rings. The number of carbonyl (C=O) groups excluding carboxylic acids is 1. The van der Waals surface area contributed by atoms with Crippen LogP contribution in [0.3, 0.4) is 0 Å². The van der Waals surface area contributed by atoms with Crippen LogP contribution in [0.4, 0.5) is 0 Å². The van der Waals surface area contributed by atoms with Crippen molar-refractivity contribution in [3.05, 3.63) is 35.9 Å². The Morgan fingerprint density at radius 1 is 1.31 bits per heavy atom. The summed E-state index contributed by atoms with van der Waals surface area (Å²) in [6, 6.07) is 9.99. The van der Waals surface area contributed by atoms with Crippen LogP contribution in [0.1, 0.15) is 31.9 Å². The third-order valence-corrected chi connectivity index (χ3v) is 2.71. The second-order valence-electron chi connectivity index (χ2n) is 4.12. The van der Waals surface area contributed by atoms with E-state index in [1.54, 1.807) is 0 Å². The van der Waals surface area contributed by atoms with Crippen LogP contribution in [0, 0.1) is 5.92 Å². The maximum atomic E-state index is 11.8. The van der Waals surface area contributed by atoms with Crippen molar-refractivity contribution >= 4 is 5.91 Å². The Morgan fingerprint density at radius 2 is 1.94 bits per heavy atom. The van der Waals surface area contributed by atoms with Crippen molar-refractivity contribution in [1.29, 1.82) is 0 Å². The normalized spacial score (nSPS) is 14.2. The van der Waals surface area contributed by atoms with Crippen LogP contribution >= 0.6 is 0 Å². The highest BCUT2D eigenvalue weighted by molar-refractivity contribution is 5.78. The van der Waals surface area contributed by atoms with E-state index in [1.807, 2.05) is 44.2 Å². The molecule has 2 atom stereocenters. The van der Waals surface area contributed by atoms with Gasteiger partial charge in [0.25, 0.3) is 0 Å². The Hall–Kier alpha value is -1.35. The molecule has 3 heteroatoms. The predicted molar refractivity (Wildman–Crippen MR) is 65.8 cm³/mol. The first-order valence-corrected chi connectivity index (χ1v) is 5.70. The molecule has 1 aromatic rings. The lowest BCUT2D eigenvalue weighted by atomic mass is 10.0. The molecular formula is C13H20N2O. The molecule has 88 valence electrons. The van der Waals surface area contributed by atoms with Gasteiger partial charge in [0.15, 0.2) is 0 Å². The highest BCUT2D eigenvalue weighted by atomic mass is 16.1. The van der Waals surface area contributed by atoms with Crippen LogP contribution in [0.2, 0.25) is 0 Å². The number of nitrogens with one attached hydrogen (secondary N) is 1. The van der Waals surface area contributed by atoms with E-state index < -0.39 is 0 Å². The van der Waals surface area contributed by atoms with Crippen molar-refractivity contribution in [3.8, 4) is 0 Å². The smallest absolute Gasteiger partial charge is 0.223 e. The van der Waals surface area contributed by atoms with Gasteiger partial charge in [0.2, 0.25) is 5.91 Å². The second-order valence-corrected chi connectivity index (χ2v) is 4.12. The van der Waals surface area contributed by atoms with Crippen LogP contribution in [0.25, 0.3) is 0 Å². The van der Waals surface area contributed by atoms with Gasteiger partial charge in [-0.15, -0.1) is 0 Å². The maximum absolute atomic E-state index is 11.8. The first kappa shape index (κ1) is 12.7. The Kier molecular flexibility index (Phi) is 4.99. The lowest BCUT2D eigenvalue weighted by Crippen LogP contribution is -2.32. The van der Waals surface area contributed by atoms with Crippen molar-refractivity contribution in [2.75, 3.05) is 6.54 Å². The van der Waals surface area contributed by atoms with E-state index in [4.69, 9.17) is 5.73 Å². The summed E-state index contributed by atoms with van der Waals surface area (Å²) in [5.41, 5.74) is 6.55. The summed E-state index contributed by atoms with van der Waals surface area (Å²) < 4.78 is 0. The molecule has 16 heavy (non-hydrogen) atoms. The molecule has 0 bridgehead atoms. The minimum absolute atomic E-state index is 0.0174. The fourth-order valence-corrected chi connectivity index (χ4v) is 1.56. The van der Waals surface area contributed by atoms with E-state index in [0.717, 1.165) is 12.0 Å². The molecule has 0 spiro atoms. The average Bonchev–Trinajstić information content (AvgIpc) is 2.30.